The van der Waals surface area contributed by atoms with E-state index in [2.05, 4.69) is 0 Å². The van der Waals surface area contributed by atoms with Gasteiger partial charge >= 0.3 is 6.18 Å². The minimum Gasteiger partial charge on any atom is -0.366 e. The van der Waals surface area contributed by atoms with Crippen LogP contribution in [0.15, 0.2) is 12.1 Å². The molecule has 3 nitrogen and oxygen atoms in total. The van der Waals surface area contributed by atoms with Crippen molar-refractivity contribution in [2.75, 3.05) is 0 Å². The molecule has 1 rings (SSSR count). The number of amides is 1. The van der Waals surface area contributed by atoms with E-state index in [1.165, 1.54) is 28.7 Å². The van der Waals surface area contributed by atoms with E-state index in [4.69, 9.17) is 11.0 Å². The van der Waals surface area contributed by atoms with Gasteiger partial charge in [-0.05, 0) is 34.7 Å². The molecule has 0 aliphatic heterocycles. The Morgan fingerprint density at radius 3 is 2.38 bits per heavy atom. The highest BCUT2D eigenvalue weighted by molar-refractivity contribution is 14.1. The summed E-state index contributed by atoms with van der Waals surface area (Å²) in [6.07, 6.45) is -4.69. The van der Waals surface area contributed by atoms with Crippen molar-refractivity contribution in [1.29, 1.82) is 5.26 Å². The van der Waals surface area contributed by atoms with E-state index in [9.17, 15) is 18.0 Å². The van der Waals surface area contributed by atoms with Gasteiger partial charge < -0.3 is 5.73 Å². The number of rotatable bonds is 1. The fourth-order valence-corrected chi connectivity index (χ4v) is 2.18. The van der Waals surface area contributed by atoms with Crippen molar-refractivity contribution in [1.82, 2.24) is 0 Å². The van der Waals surface area contributed by atoms with Crippen molar-refractivity contribution in [3.8, 4) is 6.07 Å². The summed E-state index contributed by atoms with van der Waals surface area (Å²) >= 11 is 1.36. The standard InChI is InChI=1S/C9H4F3IN2O/c10-9(11,12)6-4(3-14)1-2-5(7(6)13)8(15)16/h1-2H,(H2,15,16). The molecule has 1 aromatic carbocycles. The van der Waals surface area contributed by atoms with Crippen LogP contribution in [0, 0.1) is 14.9 Å². The number of primary amides is 1. The van der Waals surface area contributed by atoms with Crippen LogP contribution < -0.4 is 5.73 Å². The molecule has 0 atom stereocenters. The van der Waals surface area contributed by atoms with Gasteiger partial charge in [0.05, 0.1) is 22.8 Å². The fourth-order valence-electron chi connectivity index (χ4n) is 1.14. The molecule has 0 aliphatic rings. The lowest BCUT2D eigenvalue weighted by Crippen LogP contribution is -2.18. The van der Waals surface area contributed by atoms with Crippen LogP contribution in [0.5, 0.6) is 0 Å². The van der Waals surface area contributed by atoms with Gasteiger partial charge in [0, 0.05) is 3.57 Å². The maximum absolute atomic E-state index is 12.6. The second-order valence-electron chi connectivity index (χ2n) is 2.82. The molecule has 7 heteroatoms. The molecule has 0 unspecified atom stereocenters. The minimum atomic E-state index is -4.69. The van der Waals surface area contributed by atoms with E-state index in [-0.39, 0.29) is 9.13 Å². The molecule has 0 spiro atoms. The SMILES string of the molecule is N#Cc1ccc(C(N)=O)c(I)c1C(F)(F)F. The highest BCUT2D eigenvalue weighted by atomic mass is 127. The molecule has 0 fully saturated rings. The largest absolute Gasteiger partial charge is 0.418 e. The predicted octanol–water partition coefficient (Wildman–Crippen LogP) is 2.28. The molecule has 1 aromatic rings. The third-order valence-corrected chi connectivity index (χ3v) is 2.93. The Bertz CT molecular complexity index is 491. The summed E-state index contributed by atoms with van der Waals surface area (Å²) in [6.45, 7) is 0. The Morgan fingerprint density at radius 2 is 2.00 bits per heavy atom. The van der Waals surface area contributed by atoms with Gasteiger partial charge in [0.1, 0.15) is 0 Å². The normalized spacial score (nSPS) is 10.9. The molecule has 0 saturated carbocycles. The number of halogens is 4. The Labute approximate surface area is 102 Å². The second-order valence-corrected chi connectivity index (χ2v) is 3.90. The van der Waals surface area contributed by atoms with E-state index in [1.807, 2.05) is 0 Å². The van der Waals surface area contributed by atoms with Gasteiger partial charge in [-0.1, -0.05) is 0 Å². The number of hydrogen-bond acceptors (Lipinski definition) is 2. The molecule has 0 heterocycles. The summed E-state index contributed by atoms with van der Waals surface area (Å²) in [5, 5.41) is 8.57. The smallest absolute Gasteiger partial charge is 0.366 e. The molecule has 0 aliphatic carbocycles. The molecule has 0 saturated heterocycles. The lowest BCUT2D eigenvalue weighted by Gasteiger charge is -2.12. The molecule has 16 heavy (non-hydrogen) atoms. The van der Waals surface area contributed by atoms with E-state index in [0.717, 1.165) is 12.1 Å². The van der Waals surface area contributed by atoms with Crippen LogP contribution in [0.4, 0.5) is 13.2 Å². The first-order valence-electron chi connectivity index (χ1n) is 3.88. The van der Waals surface area contributed by atoms with Crippen LogP contribution in [0.25, 0.3) is 0 Å². The summed E-state index contributed by atoms with van der Waals surface area (Å²) in [4.78, 5) is 10.9. The fraction of sp³-hybridized carbons (Fsp3) is 0.111. The van der Waals surface area contributed by atoms with Crippen molar-refractivity contribution < 1.29 is 18.0 Å². The lowest BCUT2D eigenvalue weighted by molar-refractivity contribution is -0.138. The topological polar surface area (TPSA) is 66.9 Å². The van der Waals surface area contributed by atoms with Crippen molar-refractivity contribution in [3.63, 3.8) is 0 Å². The van der Waals surface area contributed by atoms with E-state index >= 15 is 0 Å². The Hall–Kier alpha value is -1.30. The first-order chi connectivity index (χ1) is 7.29. The highest BCUT2D eigenvalue weighted by Crippen LogP contribution is 2.36. The third kappa shape index (κ3) is 2.27. The first-order valence-corrected chi connectivity index (χ1v) is 4.96. The van der Waals surface area contributed by atoms with Gasteiger partial charge in [-0.25, -0.2) is 0 Å². The van der Waals surface area contributed by atoms with Crippen LogP contribution in [0.2, 0.25) is 0 Å². The van der Waals surface area contributed by atoms with E-state index in [0.29, 0.717) is 0 Å². The molecule has 2 N–H and O–H groups in total. The highest BCUT2D eigenvalue weighted by Gasteiger charge is 2.37. The summed E-state index contributed by atoms with van der Waals surface area (Å²) in [6, 6.07) is 3.48. The van der Waals surface area contributed by atoms with Crippen molar-refractivity contribution in [2.24, 2.45) is 5.73 Å². The quantitative estimate of drug-likeness (QED) is 0.797. The average molecular weight is 340 g/mol. The summed E-state index contributed by atoms with van der Waals surface area (Å²) < 4.78 is 37.5. The zero-order valence-corrected chi connectivity index (χ0v) is 9.76. The zero-order valence-electron chi connectivity index (χ0n) is 7.60. The third-order valence-electron chi connectivity index (χ3n) is 1.81. The van der Waals surface area contributed by atoms with Gasteiger partial charge in [0.25, 0.3) is 0 Å². The maximum atomic E-state index is 12.6. The number of nitrogens with zero attached hydrogens (tertiary/aromatic N) is 1. The van der Waals surface area contributed by atoms with Crippen molar-refractivity contribution >= 4 is 28.5 Å². The van der Waals surface area contributed by atoms with Crippen LogP contribution >= 0.6 is 22.6 Å². The maximum Gasteiger partial charge on any atom is 0.418 e. The Balaban J connectivity index is 3.62. The molecule has 0 bridgehead atoms. The zero-order chi connectivity index (χ0) is 12.5. The van der Waals surface area contributed by atoms with Gasteiger partial charge in [-0.2, -0.15) is 18.4 Å². The molecule has 84 valence electrons. The minimum absolute atomic E-state index is 0.244. The van der Waals surface area contributed by atoms with Crippen LogP contribution in [0.3, 0.4) is 0 Å². The molecule has 1 amide bonds. The van der Waals surface area contributed by atoms with E-state index < -0.39 is 23.2 Å². The summed E-state index contributed by atoms with van der Waals surface area (Å²) in [7, 11) is 0. The summed E-state index contributed by atoms with van der Waals surface area (Å²) in [5.41, 5.74) is 3.04. The molecule has 0 radical (unpaired) electrons. The average Bonchev–Trinajstić information content (AvgIpc) is 2.14. The van der Waals surface area contributed by atoms with Crippen LogP contribution in [-0.4, -0.2) is 5.91 Å². The number of carbonyl (C=O) groups is 1. The number of hydrogen-bond donors (Lipinski definition) is 1. The predicted molar refractivity (Wildman–Crippen MR) is 57.4 cm³/mol. The van der Waals surface area contributed by atoms with Gasteiger partial charge in [-0.15, -0.1) is 0 Å². The van der Waals surface area contributed by atoms with Crippen molar-refractivity contribution in [3.05, 3.63) is 32.4 Å². The summed E-state index contributed by atoms with van der Waals surface area (Å²) in [5.74, 6) is -0.959. The second kappa shape index (κ2) is 4.29. The number of benzene rings is 1. The first kappa shape index (κ1) is 12.8. The van der Waals surface area contributed by atoms with E-state index in [1.54, 1.807) is 0 Å². The van der Waals surface area contributed by atoms with Crippen LogP contribution in [-0.2, 0) is 6.18 Å². The van der Waals surface area contributed by atoms with Gasteiger partial charge in [0.2, 0.25) is 5.91 Å². The van der Waals surface area contributed by atoms with Crippen molar-refractivity contribution in [2.45, 2.75) is 6.18 Å². The Morgan fingerprint density at radius 1 is 1.44 bits per heavy atom. The monoisotopic (exact) mass is 340 g/mol. The lowest BCUT2D eigenvalue weighted by atomic mass is 10.0. The van der Waals surface area contributed by atoms with Crippen LogP contribution in [0.1, 0.15) is 21.5 Å². The number of alkyl halides is 3. The number of nitriles is 1. The number of carbonyl (C=O) groups excluding carboxylic acids is 1. The molecular formula is C9H4F3IN2O. The molecular weight excluding hydrogens is 336 g/mol. The van der Waals surface area contributed by atoms with Gasteiger partial charge in [-0.3, -0.25) is 4.79 Å². The Kier molecular flexibility index (Phi) is 3.42. The number of nitrogens with two attached hydrogens (primary N) is 1. The van der Waals surface area contributed by atoms with Gasteiger partial charge in [0.15, 0.2) is 0 Å². The molecule has 0 aromatic heterocycles.